The summed E-state index contributed by atoms with van der Waals surface area (Å²) in [5, 5.41) is 3.06. The van der Waals surface area contributed by atoms with Gasteiger partial charge in [-0.05, 0) is 50.6 Å². The van der Waals surface area contributed by atoms with Crippen molar-refractivity contribution in [3.05, 3.63) is 71.4 Å². The Labute approximate surface area is 153 Å². The van der Waals surface area contributed by atoms with E-state index < -0.39 is 10.1 Å². The summed E-state index contributed by atoms with van der Waals surface area (Å²) in [6.45, 7) is 5.60. The average molecular weight is 369 g/mol. The highest BCUT2D eigenvalue weighted by Crippen LogP contribution is 2.21. The number of hydrogen-bond acceptors (Lipinski definition) is 6. The topological polar surface area (TPSA) is 81.2 Å². The molecule has 2 aromatic carbocycles. The molecule has 0 aliphatic heterocycles. The minimum Gasteiger partial charge on any atom is -0.358 e. The van der Waals surface area contributed by atoms with Crippen molar-refractivity contribution in [2.75, 3.05) is 5.32 Å². The Morgan fingerprint density at radius 2 is 1.62 bits per heavy atom. The van der Waals surface area contributed by atoms with E-state index >= 15 is 0 Å². The molecule has 0 saturated carbocycles. The summed E-state index contributed by atoms with van der Waals surface area (Å²) in [5.41, 5.74) is 3.44. The molecule has 0 unspecified atom stereocenters. The Balaban J connectivity index is 1.86. The number of aromatic nitrogens is 2. The molecule has 0 saturated heterocycles. The highest BCUT2D eigenvalue weighted by molar-refractivity contribution is 7.87. The van der Waals surface area contributed by atoms with E-state index in [4.69, 9.17) is 4.18 Å². The SMILES string of the molecule is Cc1ccc(S(=O)(=O)Oc2cc(C)nc(Nc3cccc(C)c3)n2)cc1. The molecule has 0 aliphatic carbocycles. The van der Waals surface area contributed by atoms with Gasteiger partial charge >= 0.3 is 10.1 Å². The number of nitrogens with zero attached hydrogens (tertiary/aromatic N) is 2. The first-order valence-corrected chi connectivity index (χ1v) is 9.43. The third-order valence-corrected chi connectivity index (χ3v) is 4.85. The zero-order chi connectivity index (χ0) is 18.7. The Bertz CT molecular complexity index is 1030. The van der Waals surface area contributed by atoms with Gasteiger partial charge in [0.1, 0.15) is 4.90 Å². The molecule has 0 bridgehead atoms. The van der Waals surface area contributed by atoms with Crippen LogP contribution in [0.4, 0.5) is 11.6 Å². The van der Waals surface area contributed by atoms with Gasteiger partial charge in [0.05, 0.1) is 0 Å². The molecule has 1 N–H and O–H groups in total. The van der Waals surface area contributed by atoms with Crippen molar-refractivity contribution < 1.29 is 12.6 Å². The lowest BCUT2D eigenvalue weighted by atomic mass is 10.2. The summed E-state index contributed by atoms with van der Waals surface area (Å²) in [4.78, 5) is 8.52. The van der Waals surface area contributed by atoms with Gasteiger partial charge in [0, 0.05) is 17.4 Å². The second-order valence-electron chi connectivity index (χ2n) is 6.02. The molecule has 0 amide bonds. The number of rotatable bonds is 5. The maximum Gasteiger partial charge on any atom is 0.340 e. The van der Waals surface area contributed by atoms with Gasteiger partial charge in [-0.15, -0.1) is 0 Å². The van der Waals surface area contributed by atoms with E-state index in [0.717, 1.165) is 16.8 Å². The molecule has 1 heterocycles. The van der Waals surface area contributed by atoms with Crippen LogP contribution in [0.5, 0.6) is 5.88 Å². The fourth-order valence-corrected chi connectivity index (χ4v) is 3.23. The first kappa shape index (κ1) is 17.9. The summed E-state index contributed by atoms with van der Waals surface area (Å²) in [6, 6.07) is 15.6. The van der Waals surface area contributed by atoms with Crippen molar-refractivity contribution in [3.63, 3.8) is 0 Å². The molecule has 3 rings (SSSR count). The van der Waals surface area contributed by atoms with Crippen LogP contribution in [-0.2, 0) is 10.1 Å². The first-order valence-electron chi connectivity index (χ1n) is 8.02. The van der Waals surface area contributed by atoms with Crippen molar-refractivity contribution in [2.45, 2.75) is 25.7 Å². The van der Waals surface area contributed by atoms with E-state index in [1.54, 1.807) is 19.1 Å². The van der Waals surface area contributed by atoms with Gasteiger partial charge in [-0.25, -0.2) is 4.98 Å². The summed E-state index contributed by atoms with van der Waals surface area (Å²) in [5.74, 6) is 0.234. The molecule has 1 aromatic heterocycles. The molecule has 0 atom stereocenters. The second kappa shape index (κ2) is 7.13. The third-order valence-electron chi connectivity index (χ3n) is 3.61. The fraction of sp³-hybridized carbons (Fsp3) is 0.158. The van der Waals surface area contributed by atoms with Gasteiger partial charge in [0.2, 0.25) is 11.8 Å². The zero-order valence-electron chi connectivity index (χ0n) is 14.7. The van der Waals surface area contributed by atoms with Crippen LogP contribution in [0, 0.1) is 20.8 Å². The van der Waals surface area contributed by atoms with Crippen molar-refractivity contribution >= 4 is 21.8 Å². The molecule has 0 fully saturated rings. The highest BCUT2D eigenvalue weighted by Gasteiger charge is 2.18. The number of hydrogen-bond donors (Lipinski definition) is 1. The number of aryl methyl sites for hydroxylation is 3. The van der Waals surface area contributed by atoms with E-state index in [2.05, 4.69) is 15.3 Å². The smallest absolute Gasteiger partial charge is 0.340 e. The van der Waals surface area contributed by atoms with Crippen LogP contribution in [0.2, 0.25) is 0 Å². The first-order chi connectivity index (χ1) is 12.3. The molecular weight excluding hydrogens is 350 g/mol. The Kier molecular flexibility index (Phi) is 4.90. The van der Waals surface area contributed by atoms with Crippen molar-refractivity contribution in [1.29, 1.82) is 0 Å². The minimum absolute atomic E-state index is 0.0340. The number of anilines is 2. The predicted octanol–water partition coefficient (Wildman–Crippen LogP) is 3.91. The monoisotopic (exact) mass is 369 g/mol. The van der Waals surface area contributed by atoms with Crippen LogP contribution in [0.1, 0.15) is 16.8 Å². The minimum atomic E-state index is -3.96. The van der Waals surface area contributed by atoms with Gasteiger partial charge in [-0.1, -0.05) is 29.8 Å². The Morgan fingerprint density at radius 3 is 2.31 bits per heavy atom. The lowest BCUT2D eigenvalue weighted by molar-refractivity contribution is 0.475. The van der Waals surface area contributed by atoms with Crippen molar-refractivity contribution in [3.8, 4) is 5.88 Å². The van der Waals surface area contributed by atoms with Crippen molar-refractivity contribution in [2.24, 2.45) is 0 Å². The molecular formula is C19H19N3O3S. The summed E-state index contributed by atoms with van der Waals surface area (Å²) >= 11 is 0. The van der Waals surface area contributed by atoms with Crippen LogP contribution in [-0.4, -0.2) is 18.4 Å². The average Bonchev–Trinajstić information content (AvgIpc) is 2.54. The van der Waals surface area contributed by atoms with E-state index in [1.165, 1.54) is 18.2 Å². The quantitative estimate of drug-likeness (QED) is 0.687. The van der Waals surface area contributed by atoms with Gasteiger partial charge in [0.15, 0.2) is 0 Å². The van der Waals surface area contributed by atoms with E-state index in [9.17, 15) is 8.42 Å². The van der Waals surface area contributed by atoms with Crippen LogP contribution >= 0.6 is 0 Å². The van der Waals surface area contributed by atoms with Crippen LogP contribution in [0.25, 0.3) is 0 Å². The van der Waals surface area contributed by atoms with E-state index in [0.29, 0.717) is 5.69 Å². The molecule has 26 heavy (non-hydrogen) atoms. The number of nitrogens with one attached hydrogen (secondary N) is 1. The molecule has 7 heteroatoms. The van der Waals surface area contributed by atoms with Gasteiger partial charge < -0.3 is 9.50 Å². The van der Waals surface area contributed by atoms with Crippen LogP contribution in [0.3, 0.4) is 0 Å². The van der Waals surface area contributed by atoms with Crippen LogP contribution in [0.15, 0.2) is 59.5 Å². The summed E-state index contributed by atoms with van der Waals surface area (Å²) < 4.78 is 30.1. The van der Waals surface area contributed by atoms with Crippen molar-refractivity contribution in [1.82, 2.24) is 9.97 Å². The van der Waals surface area contributed by atoms with Gasteiger partial charge in [-0.3, -0.25) is 0 Å². The fourth-order valence-electron chi connectivity index (χ4n) is 2.36. The standard InChI is InChI=1S/C19H19N3O3S/c1-13-7-9-17(10-8-13)26(23,24)25-18-12-15(3)20-19(22-18)21-16-6-4-5-14(2)11-16/h4-12H,1-3H3,(H,20,21,22). The molecule has 6 nitrogen and oxygen atoms in total. The molecule has 0 spiro atoms. The highest BCUT2D eigenvalue weighted by atomic mass is 32.2. The molecule has 0 aliphatic rings. The zero-order valence-corrected chi connectivity index (χ0v) is 15.5. The molecule has 134 valence electrons. The molecule has 3 aromatic rings. The summed E-state index contributed by atoms with van der Waals surface area (Å²) in [6.07, 6.45) is 0. The normalized spacial score (nSPS) is 11.2. The second-order valence-corrected chi connectivity index (χ2v) is 7.56. The van der Waals surface area contributed by atoms with Crippen LogP contribution < -0.4 is 9.50 Å². The van der Waals surface area contributed by atoms with Gasteiger partial charge in [0.25, 0.3) is 0 Å². The predicted molar refractivity (Wildman–Crippen MR) is 100 cm³/mol. The maximum absolute atomic E-state index is 12.4. The summed E-state index contributed by atoms with van der Waals surface area (Å²) in [7, 11) is -3.96. The van der Waals surface area contributed by atoms with Gasteiger partial charge in [-0.2, -0.15) is 13.4 Å². The Morgan fingerprint density at radius 1 is 0.885 bits per heavy atom. The van der Waals surface area contributed by atoms with E-state index in [1.807, 2.05) is 38.1 Å². The largest absolute Gasteiger partial charge is 0.358 e. The maximum atomic E-state index is 12.4. The Hall–Kier alpha value is -2.93. The lowest BCUT2D eigenvalue weighted by Gasteiger charge is -2.10. The lowest BCUT2D eigenvalue weighted by Crippen LogP contribution is -2.12. The van der Waals surface area contributed by atoms with E-state index in [-0.39, 0.29) is 16.7 Å². The third kappa shape index (κ3) is 4.37. The molecule has 0 radical (unpaired) electrons. The number of benzene rings is 2.